The molecule has 31 heavy (non-hydrogen) atoms. The van der Waals surface area contributed by atoms with Gasteiger partial charge in [0.1, 0.15) is 26.4 Å². The summed E-state index contributed by atoms with van der Waals surface area (Å²) in [6.07, 6.45) is 0. The number of hydrogen-bond donors (Lipinski definition) is 1. The fraction of sp³-hybridized carbons (Fsp3) is 0.381. The van der Waals surface area contributed by atoms with Crippen LogP contribution < -0.4 is 28.6 Å². The average Bonchev–Trinajstić information content (AvgIpc) is 2.80. The van der Waals surface area contributed by atoms with E-state index in [2.05, 4.69) is 5.32 Å². The number of ether oxygens (including phenoxy) is 4. The Bertz CT molecular complexity index is 1010. The van der Waals surface area contributed by atoms with E-state index in [0.717, 1.165) is 4.31 Å². The third-order valence-electron chi connectivity index (χ3n) is 4.55. The lowest BCUT2D eigenvalue weighted by molar-refractivity contribution is -0.119. The van der Waals surface area contributed by atoms with Crippen molar-refractivity contribution in [1.82, 2.24) is 5.32 Å². The van der Waals surface area contributed by atoms with Crippen LogP contribution in [0.15, 0.2) is 42.5 Å². The largest absolute Gasteiger partial charge is 0.493 e. The SMILES string of the molecule is CCS(=O)(=O)N(CC(=O)NCCOc1ccccc1OC)c1ccc2c(c1)OCCO2. The zero-order valence-electron chi connectivity index (χ0n) is 17.5. The van der Waals surface area contributed by atoms with Crippen LogP contribution in [0.25, 0.3) is 0 Å². The van der Waals surface area contributed by atoms with Crippen LogP contribution in [0.2, 0.25) is 0 Å². The molecule has 2 aromatic carbocycles. The quantitative estimate of drug-likeness (QED) is 0.551. The van der Waals surface area contributed by atoms with Gasteiger partial charge in [0.05, 0.1) is 25.1 Å². The maximum Gasteiger partial charge on any atom is 0.240 e. The highest BCUT2D eigenvalue weighted by Gasteiger charge is 2.25. The third kappa shape index (κ3) is 5.72. The summed E-state index contributed by atoms with van der Waals surface area (Å²) in [6, 6.07) is 12.0. The van der Waals surface area contributed by atoms with Crippen LogP contribution in [0, 0.1) is 0 Å². The number of nitrogens with zero attached hydrogens (tertiary/aromatic N) is 1. The first-order valence-electron chi connectivity index (χ1n) is 9.87. The van der Waals surface area contributed by atoms with Crippen LogP contribution in [0.3, 0.4) is 0 Å². The van der Waals surface area contributed by atoms with E-state index >= 15 is 0 Å². The number of nitrogens with one attached hydrogen (secondary N) is 1. The minimum absolute atomic E-state index is 0.147. The highest BCUT2D eigenvalue weighted by molar-refractivity contribution is 7.92. The van der Waals surface area contributed by atoms with Crippen molar-refractivity contribution < 1.29 is 32.2 Å². The summed E-state index contributed by atoms with van der Waals surface area (Å²) in [7, 11) is -2.14. The van der Waals surface area contributed by atoms with Gasteiger partial charge < -0.3 is 24.3 Å². The summed E-state index contributed by atoms with van der Waals surface area (Å²) in [5.41, 5.74) is 0.339. The third-order valence-corrected chi connectivity index (χ3v) is 6.29. The number of carbonyl (C=O) groups excluding carboxylic acids is 1. The van der Waals surface area contributed by atoms with Crippen LogP contribution >= 0.6 is 0 Å². The Kier molecular flexibility index (Phi) is 7.45. The predicted molar refractivity (Wildman–Crippen MR) is 116 cm³/mol. The van der Waals surface area contributed by atoms with Gasteiger partial charge in [0.2, 0.25) is 15.9 Å². The van der Waals surface area contributed by atoms with E-state index in [0.29, 0.717) is 41.9 Å². The van der Waals surface area contributed by atoms with E-state index in [1.165, 1.54) is 6.92 Å². The molecule has 0 unspecified atom stereocenters. The van der Waals surface area contributed by atoms with Crippen LogP contribution in [-0.4, -0.2) is 60.1 Å². The Labute approximate surface area is 181 Å². The molecule has 0 bridgehead atoms. The summed E-state index contributed by atoms with van der Waals surface area (Å²) in [6.45, 7) is 2.39. The van der Waals surface area contributed by atoms with Crippen molar-refractivity contribution in [3.05, 3.63) is 42.5 Å². The molecule has 0 aliphatic carbocycles. The fourth-order valence-electron chi connectivity index (χ4n) is 2.97. The molecule has 0 aromatic heterocycles. The monoisotopic (exact) mass is 450 g/mol. The van der Waals surface area contributed by atoms with Gasteiger partial charge in [-0.2, -0.15) is 0 Å². The van der Waals surface area contributed by atoms with Crippen LogP contribution in [0.1, 0.15) is 6.92 Å². The second kappa shape index (κ2) is 10.3. The van der Waals surface area contributed by atoms with Gasteiger partial charge in [0.15, 0.2) is 23.0 Å². The number of benzene rings is 2. The number of anilines is 1. The van der Waals surface area contributed by atoms with E-state index in [-0.39, 0.29) is 25.4 Å². The molecular formula is C21H26N2O7S. The van der Waals surface area contributed by atoms with Crippen molar-refractivity contribution in [2.24, 2.45) is 0 Å². The first-order chi connectivity index (χ1) is 14.9. The maximum absolute atomic E-state index is 12.6. The normalized spacial score (nSPS) is 12.7. The Hall–Kier alpha value is -3.14. The summed E-state index contributed by atoms with van der Waals surface area (Å²) < 4.78 is 48.2. The molecule has 1 aliphatic rings. The van der Waals surface area contributed by atoms with Crippen LogP contribution in [0.5, 0.6) is 23.0 Å². The van der Waals surface area contributed by atoms with Gasteiger partial charge in [0.25, 0.3) is 0 Å². The molecule has 0 fully saturated rings. The van der Waals surface area contributed by atoms with Crippen molar-refractivity contribution in [2.45, 2.75) is 6.92 Å². The predicted octanol–water partition coefficient (Wildman–Crippen LogP) is 1.82. The second-order valence-electron chi connectivity index (χ2n) is 6.58. The number of sulfonamides is 1. The molecule has 1 amide bonds. The van der Waals surface area contributed by atoms with Gasteiger partial charge in [-0.05, 0) is 31.2 Å². The number of amides is 1. The molecule has 0 spiro atoms. The lowest BCUT2D eigenvalue weighted by atomic mass is 10.2. The smallest absolute Gasteiger partial charge is 0.240 e. The Morgan fingerprint density at radius 2 is 1.81 bits per heavy atom. The van der Waals surface area contributed by atoms with Crippen molar-refractivity contribution in [1.29, 1.82) is 0 Å². The standard InChI is InChI=1S/C21H26N2O7S/c1-3-31(25,26)23(16-8-9-19-20(14-16)30-13-12-29-19)15-21(24)22-10-11-28-18-7-5-4-6-17(18)27-2/h4-9,14H,3,10-13,15H2,1-2H3,(H,22,24). The number of methoxy groups -OCH3 is 1. The van der Waals surface area contributed by atoms with Gasteiger partial charge in [-0.25, -0.2) is 8.42 Å². The molecular weight excluding hydrogens is 424 g/mol. The van der Waals surface area contributed by atoms with Gasteiger partial charge in [0, 0.05) is 6.07 Å². The molecule has 2 aromatic rings. The summed E-state index contributed by atoms with van der Waals surface area (Å²) >= 11 is 0. The molecule has 1 heterocycles. The fourth-order valence-corrected chi connectivity index (χ4v) is 4.03. The molecule has 0 atom stereocenters. The van der Waals surface area contributed by atoms with E-state index in [1.54, 1.807) is 37.4 Å². The molecule has 0 radical (unpaired) electrons. The minimum atomic E-state index is -3.69. The average molecular weight is 451 g/mol. The van der Waals surface area contributed by atoms with Crippen molar-refractivity contribution in [3.8, 4) is 23.0 Å². The highest BCUT2D eigenvalue weighted by atomic mass is 32.2. The lowest BCUT2D eigenvalue weighted by Crippen LogP contribution is -2.42. The van der Waals surface area contributed by atoms with E-state index < -0.39 is 15.9 Å². The van der Waals surface area contributed by atoms with Gasteiger partial charge >= 0.3 is 0 Å². The van der Waals surface area contributed by atoms with E-state index in [9.17, 15) is 13.2 Å². The molecule has 1 N–H and O–H groups in total. The first kappa shape index (κ1) is 22.5. The maximum atomic E-state index is 12.6. The van der Waals surface area contributed by atoms with Gasteiger partial charge in [-0.1, -0.05) is 12.1 Å². The lowest BCUT2D eigenvalue weighted by Gasteiger charge is -2.25. The highest BCUT2D eigenvalue weighted by Crippen LogP contribution is 2.34. The van der Waals surface area contributed by atoms with Crippen LogP contribution in [-0.2, 0) is 14.8 Å². The number of hydrogen-bond acceptors (Lipinski definition) is 7. The van der Waals surface area contributed by atoms with Gasteiger partial charge in [-0.15, -0.1) is 0 Å². The van der Waals surface area contributed by atoms with Crippen molar-refractivity contribution in [2.75, 3.05) is 50.1 Å². The van der Waals surface area contributed by atoms with Gasteiger partial charge in [-0.3, -0.25) is 9.10 Å². The summed E-state index contributed by atoms with van der Waals surface area (Å²) in [4.78, 5) is 12.5. The topological polar surface area (TPSA) is 103 Å². The molecule has 1 aliphatic heterocycles. The zero-order valence-corrected chi connectivity index (χ0v) is 18.3. The Morgan fingerprint density at radius 3 is 2.52 bits per heavy atom. The van der Waals surface area contributed by atoms with E-state index in [1.807, 2.05) is 12.1 Å². The van der Waals surface area contributed by atoms with Crippen molar-refractivity contribution >= 4 is 21.6 Å². The summed E-state index contributed by atoms with van der Waals surface area (Å²) in [5, 5.41) is 2.68. The number of para-hydroxylation sites is 2. The number of fused-ring (bicyclic) bond motifs is 1. The second-order valence-corrected chi connectivity index (χ2v) is 8.77. The molecule has 10 heteroatoms. The Balaban J connectivity index is 1.62. The molecule has 168 valence electrons. The first-order valence-corrected chi connectivity index (χ1v) is 11.5. The molecule has 0 saturated heterocycles. The summed E-state index contributed by atoms with van der Waals surface area (Å²) in [5.74, 6) is 1.55. The molecule has 3 rings (SSSR count). The van der Waals surface area contributed by atoms with Crippen molar-refractivity contribution in [3.63, 3.8) is 0 Å². The molecule has 9 nitrogen and oxygen atoms in total. The minimum Gasteiger partial charge on any atom is -0.493 e. The Morgan fingerprint density at radius 1 is 1.10 bits per heavy atom. The number of rotatable bonds is 10. The molecule has 0 saturated carbocycles. The van der Waals surface area contributed by atoms with E-state index in [4.69, 9.17) is 18.9 Å². The zero-order chi connectivity index (χ0) is 22.3. The van der Waals surface area contributed by atoms with Crippen LogP contribution in [0.4, 0.5) is 5.69 Å². The number of carbonyl (C=O) groups is 1.